The SMILES string of the molecule is C=CCO[C@H]1CO[C@H]2[C@@H]1OC[C@@H]2OCC1CO1. The Morgan fingerprint density at radius 3 is 2.24 bits per heavy atom. The molecule has 0 spiro atoms. The van der Waals surface area contributed by atoms with E-state index in [0.29, 0.717) is 26.4 Å². The van der Waals surface area contributed by atoms with E-state index in [1.807, 2.05) is 0 Å². The first kappa shape index (κ1) is 11.6. The Morgan fingerprint density at radius 2 is 1.65 bits per heavy atom. The zero-order valence-electron chi connectivity index (χ0n) is 9.75. The van der Waals surface area contributed by atoms with Gasteiger partial charge in [0.15, 0.2) is 0 Å². The Morgan fingerprint density at radius 1 is 1.00 bits per heavy atom. The van der Waals surface area contributed by atoms with Crippen molar-refractivity contribution in [1.29, 1.82) is 0 Å². The van der Waals surface area contributed by atoms with E-state index in [1.54, 1.807) is 6.08 Å². The molecule has 3 heterocycles. The molecule has 3 saturated heterocycles. The molecule has 5 heteroatoms. The van der Waals surface area contributed by atoms with Crippen LogP contribution in [-0.2, 0) is 23.7 Å². The lowest BCUT2D eigenvalue weighted by Gasteiger charge is -2.16. The maximum absolute atomic E-state index is 5.74. The molecule has 0 N–H and O–H groups in total. The molecule has 0 bridgehead atoms. The van der Waals surface area contributed by atoms with Crippen molar-refractivity contribution < 1.29 is 23.7 Å². The summed E-state index contributed by atoms with van der Waals surface area (Å²) < 4.78 is 27.9. The molecule has 3 rings (SSSR count). The smallest absolute Gasteiger partial charge is 0.115 e. The first-order chi connectivity index (χ1) is 8.38. The molecule has 5 nitrogen and oxygen atoms in total. The highest BCUT2D eigenvalue weighted by Crippen LogP contribution is 2.30. The topological polar surface area (TPSA) is 49.5 Å². The summed E-state index contributed by atoms with van der Waals surface area (Å²) in [6.07, 6.45) is 2.04. The normalized spacial score (nSPS) is 43.6. The molecule has 0 radical (unpaired) electrons. The molecule has 96 valence electrons. The number of hydrogen-bond acceptors (Lipinski definition) is 5. The molecule has 3 fully saturated rings. The van der Waals surface area contributed by atoms with Gasteiger partial charge in [0.1, 0.15) is 30.5 Å². The first-order valence-corrected chi connectivity index (χ1v) is 6.07. The average molecular weight is 242 g/mol. The fourth-order valence-corrected chi connectivity index (χ4v) is 2.30. The molecule has 0 amide bonds. The van der Waals surface area contributed by atoms with Gasteiger partial charge in [0.05, 0.1) is 33.0 Å². The maximum Gasteiger partial charge on any atom is 0.115 e. The zero-order valence-corrected chi connectivity index (χ0v) is 9.75. The molecule has 17 heavy (non-hydrogen) atoms. The Balaban J connectivity index is 1.49. The van der Waals surface area contributed by atoms with E-state index >= 15 is 0 Å². The Kier molecular flexibility index (Phi) is 3.44. The van der Waals surface area contributed by atoms with Crippen molar-refractivity contribution in [2.75, 3.05) is 33.0 Å². The molecular weight excluding hydrogens is 224 g/mol. The third-order valence-corrected chi connectivity index (χ3v) is 3.29. The predicted octanol–water partition coefficient (Wildman–Crippen LogP) is 0.139. The fourth-order valence-electron chi connectivity index (χ4n) is 2.30. The highest BCUT2D eigenvalue weighted by molar-refractivity contribution is 4.96. The van der Waals surface area contributed by atoms with Gasteiger partial charge in [-0.2, -0.15) is 0 Å². The summed E-state index contributed by atoms with van der Waals surface area (Å²) in [6, 6.07) is 0. The summed E-state index contributed by atoms with van der Waals surface area (Å²) in [4.78, 5) is 0. The lowest BCUT2D eigenvalue weighted by Crippen LogP contribution is -2.34. The van der Waals surface area contributed by atoms with Crippen LogP contribution in [0.1, 0.15) is 0 Å². The summed E-state index contributed by atoms with van der Waals surface area (Å²) in [6.45, 7) is 6.77. The van der Waals surface area contributed by atoms with E-state index in [4.69, 9.17) is 23.7 Å². The quantitative estimate of drug-likeness (QED) is 0.490. The fraction of sp³-hybridized carbons (Fsp3) is 0.833. The third kappa shape index (κ3) is 2.53. The van der Waals surface area contributed by atoms with Crippen LogP contribution in [0.25, 0.3) is 0 Å². The van der Waals surface area contributed by atoms with Crippen molar-refractivity contribution in [3.8, 4) is 0 Å². The summed E-state index contributed by atoms with van der Waals surface area (Å²) >= 11 is 0. The van der Waals surface area contributed by atoms with Crippen LogP contribution in [0, 0.1) is 0 Å². The average Bonchev–Trinajstić information content (AvgIpc) is 2.95. The molecule has 0 aromatic heterocycles. The Labute approximate surface area is 101 Å². The number of rotatable bonds is 6. The van der Waals surface area contributed by atoms with E-state index in [1.165, 1.54) is 0 Å². The van der Waals surface area contributed by atoms with Crippen LogP contribution in [0.2, 0.25) is 0 Å². The minimum atomic E-state index is 0.0000661. The molecule has 1 unspecified atom stereocenters. The second kappa shape index (κ2) is 5.04. The monoisotopic (exact) mass is 242 g/mol. The van der Waals surface area contributed by atoms with Crippen molar-refractivity contribution in [3.05, 3.63) is 12.7 Å². The molecule has 0 aromatic carbocycles. The molecular formula is C12H18O5. The highest BCUT2D eigenvalue weighted by Gasteiger charge is 2.49. The van der Waals surface area contributed by atoms with Crippen molar-refractivity contribution in [1.82, 2.24) is 0 Å². The summed E-state index contributed by atoms with van der Waals surface area (Å²) in [5.74, 6) is 0. The van der Waals surface area contributed by atoms with Crippen molar-refractivity contribution in [2.24, 2.45) is 0 Å². The molecule has 5 atom stereocenters. The van der Waals surface area contributed by atoms with Gasteiger partial charge in [0.2, 0.25) is 0 Å². The number of ether oxygens (including phenoxy) is 5. The van der Waals surface area contributed by atoms with Crippen molar-refractivity contribution >= 4 is 0 Å². The van der Waals surface area contributed by atoms with Gasteiger partial charge >= 0.3 is 0 Å². The van der Waals surface area contributed by atoms with Gasteiger partial charge in [-0.15, -0.1) is 6.58 Å². The Hall–Kier alpha value is -0.460. The van der Waals surface area contributed by atoms with E-state index in [0.717, 1.165) is 6.61 Å². The third-order valence-electron chi connectivity index (χ3n) is 3.29. The molecule has 0 aromatic rings. The first-order valence-electron chi connectivity index (χ1n) is 6.07. The van der Waals surface area contributed by atoms with Gasteiger partial charge in [0.25, 0.3) is 0 Å². The van der Waals surface area contributed by atoms with Crippen LogP contribution in [0.5, 0.6) is 0 Å². The van der Waals surface area contributed by atoms with Crippen LogP contribution in [-0.4, -0.2) is 63.6 Å². The largest absolute Gasteiger partial charge is 0.371 e. The van der Waals surface area contributed by atoms with Crippen molar-refractivity contribution in [3.63, 3.8) is 0 Å². The lowest BCUT2D eigenvalue weighted by molar-refractivity contribution is -0.0484. The molecule has 3 aliphatic rings. The van der Waals surface area contributed by atoms with Gasteiger partial charge in [0, 0.05) is 0 Å². The van der Waals surface area contributed by atoms with E-state index in [2.05, 4.69) is 6.58 Å². The number of fused-ring (bicyclic) bond motifs is 1. The second-order valence-corrected chi connectivity index (χ2v) is 4.58. The Bertz CT molecular complexity index is 278. The maximum atomic E-state index is 5.74. The lowest BCUT2D eigenvalue weighted by atomic mass is 10.1. The van der Waals surface area contributed by atoms with Crippen molar-refractivity contribution in [2.45, 2.75) is 30.5 Å². The highest BCUT2D eigenvalue weighted by atomic mass is 16.7. The van der Waals surface area contributed by atoms with Gasteiger partial charge in [-0.05, 0) is 0 Å². The van der Waals surface area contributed by atoms with E-state index < -0.39 is 0 Å². The van der Waals surface area contributed by atoms with E-state index in [9.17, 15) is 0 Å². The number of epoxide rings is 1. The zero-order chi connectivity index (χ0) is 11.7. The van der Waals surface area contributed by atoms with Crippen LogP contribution >= 0.6 is 0 Å². The predicted molar refractivity (Wildman–Crippen MR) is 58.9 cm³/mol. The molecule has 0 aliphatic carbocycles. The second-order valence-electron chi connectivity index (χ2n) is 4.58. The molecule has 3 aliphatic heterocycles. The van der Waals surface area contributed by atoms with Crippen LogP contribution in [0.15, 0.2) is 12.7 Å². The van der Waals surface area contributed by atoms with Crippen LogP contribution < -0.4 is 0 Å². The minimum Gasteiger partial charge on any atom is -0.371 e. The standard InChI is InChI=1S/C12H18O5/c1-2-3-13-9-6-16-12-10(7-17-11(9)12)15-5-8-4-14-8/h2,8-12H,1,3-7H2/t8?,9-,10-,11+,12+/m0/s1. The van der Waals surface area contributed by atoms with Gasteiger partial charge in [-0.25, -0.2) is 0 Å². The van der Waals surface area contributed by atoms with E-state index in [-0.39, 0.29) is 30.5 Å². The summed E-state index contributed by atoms with van der Waals surface area (Å²) in [5.41, 5.74) is 0. The van der Waals surface area contributed by atoms with Crippen LogP contribution in [0.4, 0.5) is 0 Å². The number of hydrogen-bond donors (Lipinski definition) is 0. The molecule has 0 saturated carbocycles. The van der Waals surface area contributed by atoms with Gasteiger partial charge in [-0.1, -0.05) is 6.08 Å². The summed E-state index contributed by atoms with van der Waals surface area (Å²) in [5, 5.41) is 0. The van der Waals surface area contributed by atoms with Gasteiger partial charge in [-0.3, -0.25) is 0 Å². The van der Waals surface area contributed by atoms with Gasteiger partial charge < -0.3 is 23.7 Å². The summed E-state index contributed by atoms with van der Waals surface area (Å²) in [7, 11) is 0. The van der Waals surface area contributed by atoms with Crippen LogP contribution in [0.3, 0.4) is 0 Å². The minimum absolute atomic E-state index is 0.0000661.